The lowest BCUT2D eigenvalue weighted by Crippen LogP contribution is -1.93. The van der Waals surface area contributed by atoms with E-state index in [1.807, 2.05) is 0 Å². The first-order valence-electron chi connectivity index (χ1n) is 5.17. The molecule has 19 heavy (non-hydrogen) atoms. The maximum absolute atomic E-state index is 13.5. The minimum atomic E-state index is -0.823. The first kappa shape index (κ1) is 12.6. The third kappa shape index (κ3) is 2.71. The molecule has 2 aromatic carbocycles. The number of phenolic OH excluding ortho intramolecular Hbond substituents is 1. The van der Waals surface area contributed by atoms with E-state index in [9.17, 15) is 19.6 Å². The van der Waals surface area contributed by atoms with Crippen molar-refractivity contribution < 1.29 is 19.2 Å². The second-order valence-corrected chi connectivity index (χ2v) is 3.70. The Morgan fingerprint density at radius 2 is 1.89 bits per heavy atom. The Bertz CT molecular complexity index is 605. The normalized spacial score (nSPS) is 10.2. The van der Waals surface area contributed by atoms with Gasteiger partial charge in [-0.3, -0.25) is 10.1 Å². The zero-order valence-corrected chi connectivity index (χ0v) is 9.54. The fourth-order valence-corrected chi connectivity index (χ4v) is 1.45. The van der Waals surface area contributed by atoms with Crippen molar-refractivity contribution in [3.8, 4) is 17.2 Å². The number of phenols is 1. The van der Waals surface area contributed by atoms with Crippen LogP contribution in [0.5, 0.6) is 17.2 Å². The van der Waals surface area contributed by atoms with E-state index in [1.165, 1.54) is 24.3 Å². The van der Waals surface area contributed by atoms with Crippen LogP contribution in [0.15, 0.2) is 36.4 Å². The number of ether oxygens (including phenoxy) is 1. The molecule has 0 fully saturated rings. The highest BCUT2D eigenvalue weighted by Gasteiger charge is 2.13. The predicted molar refractivity (Wildman–Crippen MR) is 65.6 cm³/mol. The summed E-state index contributed by atoms with van der Waals surface area (Å²) >= 11 is 0. The molecule has 0 saturated carbocycles. The molecule has 0 amide bonds. The van der Waals surface area contributed by atoms with Crippen molar-refractivity contribution in [3.05, 3.63) is 52.3 Å². The number of halogens is 1. The summed E-state index contributed by atoms with van der Waals surface area (Å²) in [6.07, 6.45) is 0. The Morgan fingerprint density at radius 1 is 1.26 bits per heavy atom. The Balaban J connectivity index is 2.29. The number of nitrogens with zero attached hydrogens (tertiary/aromatic N) is 1. The molecule has 0 aliphatic heterocycles. The zero-order valence-electron chi connectivity index (χ0n) is 9.54. The maximum Gasteiger partial charge on any atom is 0.269 e. The van der Waals surface area contributed by atoms with Crippen molar-refractivity contribution in [1.82, 2.24) is 0 Å². The number of anilines is 1. The van der Waals surface area contributed by atoms with E-state index in [0.717, 1.165) is 12.1 Å². The molecule has 0 heterocycles. The number of nitro benzene ring substituents is 1. The standard InChI is InChI=1S/C12H9FN2O4/c13-10-5-7(14)6-11(16)12(10)19-9-3-1-8(2-4-9)15(17)18/h1-6,16H,14H2. The van der Waals surface area contributed by atoms with Gasteiger partial charge in [0.2, 0.25) is 5.75 Å². The number of hydrogen-bond acceptors (Lipinski definition) is 5. The highest BCUT2D eigenvalue weighted by molar-refractivity contribution is 5.53. The van der Waals surface area contributed by atoms with E-state index in [0.29, 0.717) is 0 Å². The van der Waals surface area contributed by atoms with Crippen LogP contribution in [0.3, 0.4) is 0 Å². The van der Waals surface area contributed by atoms with Gasteiger partial charge < -0.3 is 15.6 Å². The molecule has 0 aliphatic rings. The summed E-state index contributed by atoms with van der Waals surface area (Å²) in [5.41, 5.74) is 5.29. The molecule has 2 rings (SSSR count). The van der Waals surface area contributed by atoms with E-state index in [2.05, 4.69) is 0 Å². The largest absolute Gasteiger partial charge is 0.504 e. The van der Waals surface area contributed by atoms with E-state index in [-0.39, 0.29) is 22.9 Å². The van der Waals surface area contributed by atoms with Crippen LogP contribution in [0, 0.1) is 15.9 Å². The van der Waals surface area contributed by atoms with Crippen LogP contribution in [0.1, 0.15) is 0 Å². The molecule has 98 valence electrons. The topological polar surface area (TPSA) is 98.6 Å². The molecule has 2 aromatic rings. The SMILES string of the molecule is Nc1cc(O)c(Oc2ccc([N+](=O)[O-])cc2)c(F)c1. The number of non-ortho nitro benzene ring substituents is 1. The van der Waals surface area contributed by atoms with Gasteiger partial charge in [-0.15, -0.1) is 0 Å². The molecule has 0 aliphatic carbocycles. The fourth-order valence-electron chi connectivity index (χ4n) is 1.45. The number of hydrogen-bond donors (Lipinski definition) is 2. The average Bonchev–Trinajstić information content (AvgIpc) is 2.34. The zero-order chi connectivity index (χ0) is 14.0. The van der Waals surface area contributed by atoms with Crippen molar-refractivity contribution >= 4 is 11.4 Å². The summed E-state index contributed by atoms with van der Waals surface area (Å²) in [4.78, 5) is 9.90. The molecule has 0 radical (unpaired) electrons. The lowest BCUT2D eigenvalue weighted by molar-refractivity contribution is -0.384. The van der Waals surface area contributed by atoms with Gasteiger partial charge in [0.25, 0.3) is 5.69 Å². The number of aromatic hydroxyl groups is 1. The van der Waals surface area contributed by atoms with Crippen LogP contribution >= 0.6 is 0 Å². The summed E-state index contributed by atoms with van der Waals surface area (Å²) in [5.74, 6) is -1.50. The van der Waals surface area contributed by atoms with Crippen LogP contribution in [-0.4, -0.2) is 10.0 Å². The number of nitrogen functional groups attached to an aromatic ring is 1. The van der Waals surface area contributed by atoms with E-state index in [4.69, 9.17) is 10.5 Å². The molecular formula is C12H9FN2O4. The summed E-state index contributed by atoms with van der Waals surface area (Å²) in [7, 11) is 0. The van der Waals surface area contributed by atoms with Crippen molar-refractivity contribution in [2.75, 3.05) is 5.73 Å². The van der Waals surface area contributed by atoms with Gasteiger partial charge in [0.1, 0.15) is 5.75 Å². The fraction of sp³-hybridized carbons (Fsp3) is 0. The van der Waals surface area contributed by atoms with Crippen LogP contribution in [0.4, 0.5) is 15.8 Å². The second kappa shape index (κ2) is 4.81. The molecule has 7 heteroatoms. The van der Waals surface area contributed by atoms with Gasteiger partial charge in [-0.05, 0) is 12.1 Å². The van der Waals surface area contributed by atoms with Crippen molar-refractivity contribution in [2.24, 2.45) is 0 Å². The highest BCUT2D eigenvalue weighted by Crippen LogP contribution is 2.35. The summed E-state index contributed by atoms with van der Waals surface area (Å²) in [5, 5.41) is 20.0. The van der Waals surface area contributed by atoms with Crippen LogP contribution < -0.4 is 10.5 Å². The second-order valence-electron chi connectivity index (χ2n) is 3.70. The molecular weight excluding hydrogens is 255 g/mol. The molecule has 0 unspecified atom stereocenters. The Labute approximate surface area is 107 Å². The summed E-state index contributed by atoms with van der Waals surface area (Å²) in [6, 6.07) is 7.16. The van der Waals surface area contributed by atoms with Gasteiger partial charge in [-0.25, -0.2) is 4.39 Å². The average molecular weight is 264 g/mol. The van der Waals surface area contributed by atoms with Gasteiger partial charge >= 0.3 is 0 Å². The van der Waals surface area contributed by atoms with E-state index >= 15 is 0 Å². The monoisotopic (exact) mass is 264 g/mol. The lowest BCUT2D eigenvalue weighted by Gasteiger charge is -2.09. The first-order chi connectivity index (χ1) is 8.97. The number of nitro groups is 1. The Hall–Kier alpha value is -2.83. The van der Waals surface area contributed by atoms with Gasteiger partial charge in [-0.1, -0.05) is 0 Å². The van der Waals surface area contributed by atoms with Crippen molar-refractivity contribution in [1.29, 1.82) is 0 Å². The number of rotatable bonds is 3. The van der Waals surface area contributed by atoms with Crippen LogP contribution in [-0.2, 0) is 0 Å². The van der Waals surface area contributed by atoms with Crippen molar-refractivity contribution in [3.63, 3.8) is 0 Å². The molecule has 6 nitrogen and oxygen atoms in total. The summed E-state index contributed by atoms with van der Waals surface area (Å²) < 4.78 is 18.7. The highest BCUT2D eigenvalue weighted by atomic mass is 19.1. The lowest BCUT2D eigenvalue weighted by atomic mass is 10.2. The molecule has 0 bridgehead atoms. The van der Waals surface area contributed by atoms with Crippen molar-refractivity contribution in [2.45, 2.75) is 0 Å². The molecule has 0 atom stereocenters. The Kier molecular flexibility index (Phi) is 3.19. The minimum Gasteiger partial charge on any atom is -0.504 e. The van der Waals surface area contributed by atoms with Gasteiger partial charge in [0.15, 0.2) is 11.6 Å². The number of nitrogens with two attached hydrogens (primary N) is 1. The van der Waals surface area contributed by atoms with E-state index in [1.54, 1.807) is 0 Å². The molecule has 3 N–H and O–H groups in total. The Morgan fingerprint density at radius 3 is 2.42 bits per heavy atom. The maximum atomic E-state index is 13.5. The molecule has 0 aromatic heterocycles. The smallest absolute Gasteiger partial charge is 0.269 e. The van der Waals surface area contributed by atoms with E-state index < -0.39 is 16.5 Å². The van der Waals surface area contributed by atoms with Crippen LogP contribution in [0.25, 0.3) is 0 Å². The molecule has 0 saturated heterocycles. The summed E-state index contributed by atoms with van der Waals surface area (Å²) in [6.45, 7) is 0. The first-order valence-corrected chi connectivity index (χ1v) is 5.17. The third-order valence-corrected chi connectivity index (χ3v) is 2.31. The minimum absolute atomic E-state index is 0.0612. The number of benzene rings is 2. The quantitative estimate of drug-likeness (QED) is 0.504. The van der Waals surface area contributed by atoms with Crippen LogP contribution in [0.2, 0.25) is 0 Å². The molecule has 0 spiro atoms. The van der Waals surface area contributed by atoms with Gasteiger partial charge in [0, 0.05) is 30.0 Å². The van der Waals surface area contributed by atoms with Gasteiger partial charge in [-0.2, -0.15) is 0 Å². The third-order valence-electron chi connectivity index (χ3n) is 2.31. The van der Waals surface area contributed by atoms with Gasteiger partial charge in [0.05, 0.1) is 4.92 Å². The predicted octanol–water partition coefficient (Wildman–Crippen LogP) is 2.81.